The molecule has 0 aliphatic carbocycles. The Hall–Kier alpha value is -6.85. The van der Waals surface area contributed by atoms with Gasteiger partial charge in [0.1, 0.15) is 0 Å². The Morgan fingerprint density at radius 3 is 1.62 bits per heavy atom. The van der Waals surface area contributed by atoms with E-state index in [-0.39, 0.29) is 28.7 Å². The van der Waals surface area contributed by atoms with Gasteiger partial charge in [0.15, 0.2) is 11.6 Å². The maximum atomic E-state index is 8.84. The van der Waals surface area contributed by atoms with Crippen LogP contribution in [0.4, 0.5) is 0 Å². The van der Waals surface area contributed by atoms with Gasteiger partial charge in [-0.25, -0.2) is 4.98 Å². The fraction of sp³-hybridized carbons (Fsp3) is 0. The van der Waals surface area contributed by atoms with Crippen LogP contribution in [0.3, 0.4) is 0 Å². The summed E-state index contributed by atoms with van der Waals surface area (Å²) in [4.78, 5) is 14.2. The highest BCUT2D eigenvalue weighted by atomic mass is 15.2. The van der Waals surface area contributed by atoms with E-state index in [2.05, 4.69) is 58.1 Å². The molecule has 3 aromatic heterocycles. The zero-order chi connectivity index (χ0) is 41.7. The van der Waals surface area contributed by atoms with Gasteiger partial charge in [0.2, 0.25) is 5.95 Å². The smallest absolute Gasteiger partial charge is 0.238 e. The van der Waals surface area contributed by atoms with Crippen molar-refractivity contribution in [3.05, 3.63) is 176 Å². The molecular formula is C45H29N5. The molecule has 0 unspecified atom stereocenters. The molecule has 0 radical (unpaired) electrons. The van der Waals surface area contributed by atoms with Crippen molar-refractivity contribution in [1.29, 1.82) is 0 Å². The largest absolute Gasteiger partial charge is 0.309 e. The van der Waals surface area contributed by atoms with Gasteiger partial charge in [0.05, 0.1) is 35.8 Å². The lowest BCUT2D eigenvalue weighted by Gasteiger charge is -2.12. The van der Waals surface area contributed by atoms with Crippen LogP contribution in [0.15, 0.2) is 176 Å². The van der Waals surface area contributed by atoms with E-state index in [1.54, 1.807) is 0 Å². The van der Waals surface area contributed by atoms with Crippen LogP contribution in [0, 0.1) is 0 Å². The lowest BCUT2D eigenvalue weighted by atomic mass is 10.1. The molecule has 50 heavy (non-hydrogen) atoms. The third-order valence-corrected chi connectivity index (χ3v) is 8.97. The van der Waals surface area contributed by atoms with Crippen LogP contribution in [-0.4, -0.2) is 24.1 Å². The van der Waals surface area contributed by atoms with E-state index in [1.165, 1.54) is 0 Å². The van der Waals surface area contributed by atoms with E-state index in [9.17, 15) is 0 Å². The standard InChI is InChI=1S/C45H29N5/c1-4-14-30(15-5-1)31-24-26-34(27-25-31)49-39-23-13-11-21-37(39)41-40(49)29-28-36-35-20-10-12-22-38(35)50(42(36)41)45-47-43(32-16-6-2-7-17-32)46-44(48-45)33-18-8-3-9-19-33/h1-29H/i2D,3D,6D,7D,8D,9D,16D,17D,18D,19D. The van der Waals surface area contributed by atoms with E-state index >= 15 is 0 Å². The Labute approximate surface area is 302 Å². The van der Waals surface area contributed by atoms with Gasteiger partial charge < -0.3 is 4.57 Å². The van der Waals surface area contributed by atoms with Crippen LogP contribution >= 0.6 is 0 Å². The minimum absolute atomic E-state index is 0.0589. The van der Waals surface area contributed by atoms with Crippen molar-refractivity contribution in [2.75, 3.05) is 0 Å². The minimum Gasteiger partial charge on any atom is -0.309 e. The fourth-order valence-electron chi connectivity index (χ4n) is 6.84. The highest BCUT2D eigenvalue weighted by Crippen LogP contribution is 2.42. The van der Waals surface area contributed by atoms with Gasteiger partial charge in [-0.3, -0.25) is 4.57 Å². The number of para-hydroxylation sites is 2. The molecule has 0 N–H and O–H groups in total. The van der Waals surface area contributed by atoms with Crippen LogP contribution in [0.1, 0.15) is 13.7 Å². The second kappa shape index (κ2) is 11.4. The summed E-state index contributed by atoms with van der Waals surface area (Å²) in [5.41, 5.74) is 5.58. The van der Waals surface area contributed by atoms with Gasteiger partial charge >= 0.3 is 0 Å². The van der Waals surface area contributed by atoms with Crippen molar-refractivity contribution in [2.45, 2.75) is 0 Å². The first-order valence-electron chi connectivity index (χ1n) is 21.0. The lowest BCUT2D eigenvalue weighted by molar-refractivity contribution is 0.955. The Kier molecular flexibility index (Phi) is 4.52. The molecule has 0 saturated heterocycles. The Bertz CT molecular complexity index is 3290. The first-order valence-corrected chi connectivity index (χ1v) is 16.0. The molecule has 10 rings (SSSR count). The summed E-state index contributed by atoms with van der Waals surface area (Å²) >= 11 is 0. The molecule has 5 heteroatoms. The van der Waals surface area contributed by atoms with Gasteiger partial charge in [0, 0.05) is 38.4 Å². The first kappa shape index (κ1) is 19.8. The highest BCUT2D eigenvalue weighted by molar-refractivity contribution is 6.26. The number of nitrogens with zero attached hydrogens (tertiary/aromatic N) is 5. The maximum Gasteiger partial charge on any atom is 0.238 e. The van der Waals surface area contributed by atoms with E-state index in [0.29, 0.717) is 11.0 Å². The van der Waals surface area contributed by atoms with Crippen LogP contribution in [0.5, 0.6) is 0 Å². The Morgan fingerprint density at radius 1 is 0.400 bits per heavy atom. The Balaban J connectivity index is 1.33. The number of fused-ring (bicyclic) bond motifs is 7. The molecule has 0 saturated carbocycles. The summed E-state index contributed by atoms with van der Waals surface area (Å²) in [6.45, 7) is 0. The summed E-state index contributed by atoms with van der Waals surface area (Å²) in [6, 6.07) is 32.3. The highest BCUT2D eigenvalue weighted by Gasteiger charge is 2.23. The molecule has 5 nitrogen and oxygen atoms in total. The normalized spacial score (nSPS) is 14.4. The molecule has 7 aromatic carbocycles. The summed E-state index contributed by atoms with van der Waals surface area (Å²) in [5.74, 6) is -0.730. The predicted molar refractivity (Wildman–Crippen MR) is 205 cm³/mol. The predicted octanol–water partition coefficient (Wildman–Crippen LogP) is 11.1. The van der Waals surface area contributed by atoms with Crippen LogP contribution in [0.2, 0.25) is 0 Å². The summed E-state index contributed by atoms with van der Waals surface area (Å²) in [7, 11) is 0. The van der Waals surface area contributed by atoms with E-state index in [4.69, 9.17) is 23.7 Å². The number of hydrogen-bond donors (Lipinski definition) is 0. The number of hydrogen-bond acceptors (Lipinski definition) is 3. The van der Waals surface area contributed by atoms with Crippen LogP contribution in [-0.2, 0) is 0 Å². The van der Waals surface area contributed by atoms with Gasteiger partial charge in [-0.2, -0.15) is 9.97 Å². The Morgan fingerprint density at radius 2 is 0.960 bits per heavy atom. The van der Waals surface area contributed by atoms with Crippen molar-refractivity contribution in [2.24, 2.45) is 0 Å². The maximum absolute atomic E-state index is 8.84. The molecule has 10 aromatic rings. The second-order valence-corrected chi connectivity index (χ2v) is 11.8. The zero-order valence-corrected chi connectivity index (χ0v) is 26.2. The van der Waals surface area contributed by atoms with Gasteiger partial charge in [-0.05, 0) is 41.5 Å². The van der Waals surface area contributed by atoms with Gasteiger partial charge in [-0.15, -0.1) is 0 Å². The summed E-state index contributed by atoms with van der Waals surface area (Å²) in [6.07, 6.45) is 0. The van der Waals surface area contributed by atoms with Gasteiger partial charge in [0.25, 0.3) is 0 Å². The number of rotatable bonds is 5. The van der Waals surface area contributed by atoms with Crippen molar-refractivity contribution in [3.63, 3.8) is 0 Å². The average Bonchev–Trinajstić information content (AvgIpc) is 3.80. The monoisotopic (exact) mass is 649 g/mol. The molecule has 3 heterocycles. The molecule has 0 aliphatic heterocycles. The van der Waals surface area contributed by atoms with Crippen molar-refractivity contribution < 1.29 is 13.7 Å². The molecule has 0 amide bonds. The zero-order valence-electron chi connectivity index (χ0n) is 36.2. The molecular weight excluding hydrogens is 611 g/mol. The molecule has 0 atom stereocenters. The van der Waals surface area contributed by atoms with Crippen LogP contribution < -0.4 is 0 Å². The van der Waals surface area contributed by atoms with Crippen molar-refractivity contribution in [1.82, 2.24) is 24.1 Å². The fourth-order valence-corrected chi connectivity index (χ4v) is 6.84. The van der Waals surface area contributed by atoms with E-state index in [0.717, 1.165) is 49.4 Å². The SMILES string of the molecule is [2H]c1c([2H])c([2H])c(-c2nc(-c3c([2H])c([2H])c([2H])c([2H])c3[2H])nc(-n3c4ccccc4c4ccc5c(c6ccccc6n5-c5ccc(-c6ccccc6)cc5)c43)n2)c([2H])c1[2H]. The van der Waals surface area contributed by atoms with Crippen molar-refractivity contribution in [3.8, 4) is 45.5 Å². The molecule has 0 bridgehead atoms. The average molecular weight is 650 g/mol. The third kappa shape index (κ3) is 4.45. The molecule has 0 fully saturated rings. The first-order chi connectivity index (χ1) is 29.0. The van der Waals surface area contributed by atoms with Crippen molar-refractivity contribution >= 4 is 43.6 Å². The number of benzene rings is 7. The van der Waals surface area contributed by atoms with E-state index in [1.807, 2.05) is 71.3 Å². The quantitative estimate of drug-likeness (QED) is 0.186. The minimum atomic E-state index is -0.611. The lowest BCUT2D eigenvalue weighted by Crippen LogP contribution is -2.06. The van der Waals surface area contributed by atoms with Gasteiger partial charge in [-0.1, -0.05) is 145 Å². The van der Waals surface area contributed by atoms with E-state index < -0.39 is 60.4 Å². The molecule has 0 aliphatic rings. The summed E-state index contributed by atoms with van der Waals surface area (Å²) in [5, 5.41) is 3.45. The summed E-state index contributed by atoms with van der Waals surface area (Å²) < 4.78 is 89.6. The molecule has 234 valence electrons. The molecule has 0 spiro atoms. The second-order valence-electron chi connectivity index (χ2n) is 11.8. The third-order valence-electron chi connectivity index (χ3n) is 8.97. The topological polar surface area (TPSA) is 48.5 Å². The number of aromatic nitrogens is 5. The van der Waals surface area contributed by atoms with Crippen LogP contribution in [0.25, 0.3) is 89.2 Å².